The van der Waals surface area contributed by atoms with E-state index in [9.17, 15) is 4.79 Å². The van der Waals surface area contributed by atoms with Gasteiger partial charge in [0.1, 0.15) is 0 Å². The van der Waals surface area contributed by atoms with E-state index in [1.807, 2.05) is 25.1 Å². The Morgan fingerprint density at radius 1 is 1.22 bits per heavy atom. The molecule has 0 aromatic heterocycles. The van der Waals surface area contributed by atoms with Crippen LogP contribution in [0, 0.1) is 6.92 Å². The molecular weight excluding hydrogens is 358 g/mol. The average molecular weight is 375 g/mol. The number of nitrogens with one attached hydrogen (secondary N) is 1. The van der Waals surface area contributed by atoms with Gasteiger partial charge >= 0.3 is 0 Å². The summed E-state index contributed by atoms with van der Waals surface area (Å²) in [6.07, 6.45) is 4.41. The SMILES string of the molecule is Cc1cc(Br)cc(C(=O)NC2CCC(Br)CC2)c1. The minimum absolute atomic E-state index is 0.0393. The minimum atomic E-state index is 0.0393. The molecule has 0 bridgehead atoms. The number of halogens is 2. The highest BCUT2D eigenvalue weighted by Crippen LogP contribution is 2.24. The van der Waals surface area contributed by atoms with Crippen molar-refractivity contribution in [1.82, 2.24) is 5.32 Å². The molecular formula is C14H17Br2NO. The Bertz CT molecular complexity index is 419. The van der Waals surface area contributed by atoms with E-state index in [0.29, 0.717) is 10.9 Å². The van der Waals surface area contributed by atoms with Gasteiger partial charge in [-0.2, -0.15) is 0 Å². The first-order valence-electron chi connectivity index (χ1n) is 6.27. The van der Waals surface area contributed by atoms with Gasteiger partial charge in [0.15, 0.2) is 0 Å². The van der Waals surface area contributed by atoms with Crippen molar-refractivity contribution in [2.45, 2.75) is 43.5 Å². The van der Waals surface area contributed by atoms with Gasteiger partial charge in [0.2, 0.25) is 0 Å². The van der Waals surface area contributed by atoms with Crippen molar-refractivity contribution in [1.29, 1.82) is 0 Å². The van der Waals surface area contributed by atoms with Crippen LogP contribution in [0.3, 0.4) is 0 Å². The highest BCUT2D eigenvalue weighted by Gasteiger charge is 2.21. The van der Waals surface area contributed by atoms with Crippen LogP contribution in [0.2, 0.25) is 0 Å². The fourth-order valence-corrected chi connectivity index (χ4v) is 3.47. The number of hydrogen-bond donors (Lipinski definition) is 1. The molecule has 0 unspecified atom stereocenters. The first-order chi connectivity index (χ1) is 8.54. The fraction of sp³-hybridized carbons (Fsp3) is 0.500. The molecule has 0 atom stereocenters. The van der Waals surface area contributed by atoms with E-state index in [0.717, 1.165) is 41.3 Å². The van der Waals surface area contributed by atoms with Crippen LogP contribution in [-0.2, 0) is 0 Å². The number of benzene rings is 1. The molecule has 1 saturated carbocycles. The third-order valence-corrected chi connectivity index (χ3v) is 4.67. The van der Waals surface area contributed by atoms with Crippen molar-refractivity contribution in [2.75, 3.05) is 0 Å². The molecule has 1 N–H and O–H groups in total. The van der Waals surface area contributed by atoms with Gasteiger partial charge in [-0.1, -0.05) is 31.9 Å². The van der Waals surface area contributed by atoms with Crippen molar-refractivity contribution < 1.29 is 4.79 Å². The predicted molar refractivity (Wildman–Crippen MR) is 81.3 cm³/mol. The third kappa shape index (κ3) is 3.82. The largest absolute Gasteiger partial charge is 0.349 e. The summed E-state index contributed by atoms with van der Waals surface area (Å²) in [5.41, 5.74) is 1.83. The van der Waals surface area contributed by atoms with Gasteiger partial charge < -0.3 is 5.32 Å². The summed E-state index contributed by atoms with van der Waals surface area (Å²) in [6, 6.07) is 6.13. The fourth-order valence-electron chi connectivity index (χ4n) is 2.33. The van der Waals surface area contributed by atoms with Gasteiger partial charge in [0.25, 0.3) is 5.91 Å². The summed E-state index contributed by atoms with van der Waals surface area (Å²) in [7, 11) is 0. The molecule has 1 aliphatic carbocycles. The summed E-state index contributed by atoms with van der Waals surface area (Å²) in [5, 5.41) is 3.13. The van der Waals surface area contributed by atoms with Crippen molar-refractivity contribution in [3.63, 3.8) is 0 Å². The van der Waals surface area contributed by atoms with E-state index in [-0.39, 0.29) is 5.91 Å². The molecule has 18 heavy (non-hydrogen) atoms. The zero-order valence-corrected chi connectivity index (χ0v) is 13.6. The van der Waals surface area contributed by atoms with E-state index in [2.05, 4.69) is 37.2 Å². The minimum Gasteiger partial charge on any atom is -0.349 e. The first kappa shape index (κ1) is 14.1. The summed E-state index contributed by atoms with van der Waals surface area (Å²) in [5.74, 6) is 0.0393. The van der Waals surface area contributed by atoms with Crippen LogP contribution in [0.25, 0.3) is 0 Å². The summed E-state index contributed by atoms with van der Waals surface area (Å²) in [4.78, 5) is 12.8. The maximum Gasteiger partial charge on any atom is 0.251 e. The summed E-state index contributed by atoms with van der Waals surface area (Å²) >= 11 is 7.06. The molecule has 1 aliphatic rings. The maximum absolute atomic E-state index is 12.2. The average Bonchev–Trinajstić information content (AvgIpc) is 2.31. The lowest BCUT2D eigenvalue weighted by Crippen LogP contribution is -2.37. The molecule has 0 spiro atoms. The van der Waals surface area contributed by atoms with Gasteiger partial charge in [-0.15, -0.1) is 0 Å². The lowest BCUT2D eigenvalue weighted by molar-refractivity contribution is 0.0928. The highest BCUT2D eigenvalue weighted by atomic mass is 79.9. The second-order valence-electron chi connectivity index (χ2n) is 4.94. The zero-order valence-electron chi connectivity index (χ0n) is 10.4. The predicted octanol–water partition coefficient (Wildman–Crippen LogP) is 4.19. The van der Waals surface area contributed by atoms with E-state index < -0.39 is 0 Å². The first-order valence-corrected chi connectivity index (χ1v) is 7.97. The van der Waals surface area contributed by atoms with Crippen molar-refractivity contribution in [3.8, 4) is 0 Å². The maximum atomic E-state index is 12.2. The Kier molecular flexibility index (Phi) is 4.84. The Labute approximate surface area is 125 Å². The van der Waals surface area contributed by atoms with Gasteiger partial charge in [0.05, 0.1) is 0 Å². The van der Waals surface area contributed by atoms with Crippen molar-refractivity contribution >= 4 is 37.8 Å². The van der Waals surface area contributed by atoms with E-state index in [4.69, 9.17) is 0 Å². The molecule has 98 valence electrons. The Morgan fingerprint density at radius 2 is 1.89 bits per heavy atom. The molecule has 1 aromatic rings. The van der Waals surface area contributed by atoms with E-state index >= 15 is 0 Å². The van der Waals surface area contributed by atoms with Crippen LogP contribution in [0.15, 0.2) is 22.7 Å². The van der Waals surface area contributed by atoms with Crippen molar-refractivity contribution in [3.05, 3.63) is 33.8 Å². The molecule has 4 heteroatoms. The number of hydrogen-bond acceptors (Lipinski definition) is 1. The van der Waals surface area contributed by atoms with E-state index in [1.54, 1.807) is 0 Å². The number of carbonyl (C=O) groups is 1. The number of alkyl halides is 1. The smallest absolute Gasteiger partial charge is 0.251 e. The van der Waals surface area contributed by atoms with Crippen LogP contribution < -0.4 is 5.32 Å². The van der Waals surface area contributed by atoms with Gasteiger partial charge in [-0.3, -0.25) is 4.79 Å². The Hall–Kier alpha value is -0.350. The molecule has 1 amide bonds. The summed E-state index contributed by atoms with van der Waals surface area (Å²) < 4.78 is 0.955. The quantitative estimate of drug-likeness (QED) is 0.772. The van der Waals surface area contributed by atoms with E-state index in [1.165, 1.54) is 0 Å². The molecule has 0 radical (unpaired) electrons. The zero-order chi connectivity index (χ0) is 13.1. The third-order valence-electron chi connectivity index (χ3n) is 3.30. The number of rotatable bonds is 2. The lowest BCUT2D eigenvalue weighted by atomic mass is 9.95. The number of amides is 1. The van der Waals surface area contributed by atoms with Gasteiger partial charge in [-0.25, -0.2) is 0 Å². The Balaban J connectivity index is 1.99. The van der Waals surface area contributed by atoms with Crippen LogP contribution in [0.1, 0.15) is 41.6 Å². The van der Waals surface area contributed by atoms with Crippen molar-refractivity contribution in [2.24, 2.45) is 0 Å². The second kappa shape index (κ2) is 6.20. The number of aryl methyl sites for hydroxylation is 1. The monoisotopic (exact) mass is 373 g/mol. The van der Waals surface area contributed by atoms with Crippen LogP contribution in [0.5, 0.6) is 0 Å². The molecule has 2 nitrogen and oxygen atoms in total. The molecule has 0 aliphatic heterocycles. The topological polar surface area (TPSA) is 29.1 Å². The Morgan fingerprint density at radius 3 is 2.50 bits per heavy atom. The highest BCUT2D eigenvalue weighted by molar-refractivity contribution is 9.10. The molecule has 1 aromatic carbocycles. The number of carbonyl (C=O) groups excluding carboxylic acids is 1. The van der Waals surface area contributed by atoms with Crippen LogP contribution in [-0.4, -0.2) is 16.8 Å². The van der Waals surface area contributed by atoms with Crippen LogP contribution >= 0.6 is 31.9 Å². The normalized spacial score (nSPS) is 23.7. The lowest BCUT2D eigenvalue weighted by Gasteiger charge is -2.26. The molecule has 2 rings (SSSR count). The summed E-state index contributed by atoms with van der Waals surface area (Å²) in [6.45, 7) is 2.00. The molecule has 1 fully saturated rings. The standard InChI is InChI=1S/C14H17Br2NO/c1-9-6-10(8-12(16)7-9)14(18)17-13-4-2-11(15)3-5-13/h6-8,11,13H,2-5H2,1H3,(H,17,18). The van der Waals surface area contributed by atoms with Crippen LogP contribution in [0.4, 0.5) is 0 Å². The second-order valence-corrected chi connectivity index (χ2v) is 7.15. The molecule has 0 heterocycles. The molecule has 0 saturated heterocycles. The van der Waals surface area contributed by atoms with Gasteiger partial charge in [-0.05, 0) is 56.4 Å². The van der Waals surface area contributed by atoms with Gasteiger partial charge in [0, 0.05) is 20.9 Å².